The van der Waals surface area contributed by atoms with Crippen LogP contribution < -0.4 is 0 Å². The van der Waals surface area contributed by atoms with Gasteiger partial charge in [-0.15, -0.1) is 0 Å². The molecule has 5 nitrogen and oxygen atoms in total. The van der Waals surface area contributed by atoms with E-state index in [-0.39, 0.29) is 0 Å². The molecule has 0 N–H and O–H groups in total. The van der Waals surface area contributed by atoms with E-state index in [0.717, 1.165) is 11.0 Å². The van der Waals surface area contributed by atoms with E-state index >= 15 is 0 Å². The van der Waals surface area contributed by atoms with E-state index in [1.807, 2.05) is 21.1 Å². The van der Waals surface area contributed by atoms with Crippen LogP contribution in [0.1, 0.15) is 0 Å². The predicted molar refractivity (Wildman–Crippen MR) is 50.5 cm³/mol. The molecule has 13 heavy (non-hydrogen) atoms. The van der Waals surface area contributed by atoms with Gasteiger partial charge < -0.3 is 4.48 Å². The molecule has 0 aromatic heterocycles. The van der Waals surface area contributed by atoms with Crippen LogP contribution >= 0.6 is 7.82 Å². The van der Waals surface area contributed by atoms with Crippen LogP contribution in [0.2, 0.25) is 0 Å². The zero-order valence-electron chi connectivity index (χ0n) is 8.94. The monoisotopic (exact) mass is 212 g/mol. The third-order valence-electron chi connectivity index (χ3n) is 1.46. The molecule has 80 valence electrons. The molecule has 0 rings (SSSR count). The van der Waals surface area contributed by atoms with Crippen molar-refractivity contribution in [2.75, 3.05) is 48.5 Å². The van der Waals surface area contributed by atoms with Gasteiger partial charge in [0.25, 0.3) is 0 Å². The normalized spacial score (nSPS) is 13.3. The summed E-state index contributed by atoms with van der Waals surface area (Å²) in [6.45, 7) is 1.10. The third-order valence-corrected chi connectivity index (χ3v) is 2.85. The van der Waals surface area contributed by atoms with Crippen molar-refractivity contribution in [3.63, 3.8) is 0 Å². The van der Waals surface area contributed by atoms with Crippen molar-refractivity contribution in [1.82, 2.24) is 0 Å². The first-order chi connectivity index (χ1) is 5.83. The second-order valence-electron chi connectivity index (χ2n) is 3.66. The number of likely N-dealkylation sites (N-methyl/N-ethyl adjacent to an activating group) is 1. The fourth-order valence-corrected chi connectivity index (χ4v) is 1.27. The summed E-state index contributed by atoms with van der Waals surface area (Å²) in [7, 11) is 5.39. The number of phosphoric acid groups is 1. The second-order valence-corrected chi connectivity index (χ2v) is 5.54. The van der Waals surface area contributed by atoms with Crippen molar-refractivity contribution in [2.24, 2.45) is 0 Å². The van der Waals surface area contributed by atoms with Crippen LogP contribution in [0.5, 0.6) is 0 Å². The number of nitrogens with zero attached hydrogens (tertiary/aromatic N) is 1. The van der Waals surface area contributed by atoms with Gasteiger partial charge in [0, 0.05) is 14.2 Å². The summed E-state index contributed by atoms with van der Waals surface area (Å²) >= 11 is 0. The maximum Gasteiger partial charge on any atom is 0.474 e. The average molecular weight is 212 g/mol. The maximum absolute atomic E-state index is 11.4. The van der Waals surface area contributed by atoms with Gasteiger partial charge in [-0.1, -0.05) is 0 Å². The molecule has 0 aliphatic carbocycles. The summed E-state index contributed by atoms with van der Waals surface area (Å²) in [5, 5.41) is 0. The Morgan fingerprint density at radius 2 is 1.62 bits per heavy atom. The molecule has 0 aliphatic heterocycles. The summed E-state index contributed by atoms with van der Waals surface area (Å²) in [4.78, 5) is 0. The first-order valence-corrected chi connectivity index (χ1v) is 5.45. The van der Waals surface area contributed by atoms with Gasteiger partial charge in [-0.05, 0) is 0 Å². The molecule has 0 heterocycles. The van der Waals surface area contributed by atoms with Gasteiger partial charge in [-0.3, -0.25) is 13.6 Å². The average Bonchev–Trinajstić information content (AvgIpc) is 2.02. The largest absolute Gasteiger partial charge is 0.474 e. The predicted octanol–water partition coefficient (Wildman–Crippen LogP) is 1.11. The van der Waals surface area contributed by atoms with Gasteiger partial charge in [0.05, 0.1) is 21.1 Å². The highest BCUT2D eigenvalue weighted by atomic mass is 31.2. The molecule has 0 bridgehead atoms. The van der Waals surface area contributed by atoms with Gasteiger partial charge in [0.2, 0.25) is 0 Å². The Bertz CT molecular complexity index is 181. The molecule has 0 aliphatic rings. The van der Waals surface area contributed by atoms with Crippen LogP contribution in [-0.2, 0) is 18.1 Å². The summed E-state index contributed by atoms with van der Waals surface area (Å²) in [5.41, 5.74) is 0. The summed E-state index contributed by atoms with van der Waals surface area (Å²) in [6.07, 6.45) is 0. The van der Waals surface area contributed by atoms with Crippen molar-refractivity contribution in [3.05, 3.63) is 0 Å². The zero-order chi connectivity index (χ0) is 10.5. The van der Waals surface area contributed by atoms with Crippen LogP contribution in [0.3, 0.4) is 0 Å². The molecule has 0 unspecified atom stereocenters. The standard InChI is InChI=1S/C7H19NO4P/c1-8(2,3)6-7-12-13(9,10-4)11-5/h6-7H2,1-5H3/q+1. The van der Waals surface area contributed by atoms with E-state index < -0.39 is 7.82 Å². The Morgan fingerprint density at radius 3 is 1.92 bits per heavy atom. The van der Waals surface area contributed by atoms with E-state index in [9.17, 15) is 4.57 Å². The molecular formula is C7H19NO4P+. The first-order valence-electron chi connectivity index (χ1n) is 3.99. The highest BCUT2D eigenvalue weighted by Crippen LogP contribution is 2.47. The van der Waals surface area contributed by atoms with Gasteiger partial charge in [-0.25, -0.2) is 4.57 Å². The SMILES string of the molecule is COP(=O)(OC)OCC[N+](C)(C)C. The summed E-state index contributed by atoms with van der Waals surface area (Å²) in [5.74, 6) is 0. The lowest BCUT2D eigenvalue weighted by molar-refractivity contribution is -0.870. The molecule has 0 spiro atoms. The Morgan fingerprint density at radius 1 is 1.15 bits per heavy atom. The maximum atomic E-state index is 11.4. The number of hydrogen-bond donors (Lipinski definition) is 0. The molecule has 0 aromatic carbocycles. The lowest BCUT2D eigenvalue weighted by atomic mass is 10.5. The van der Waals surface area contributed by atoms with E-state index in [4.69, 9.17) is 4.52 Å². The van der Waals surface area contributed by atoms with Crippen LogP contribution in [0.25, 0.3) is 0 Å². The molecule has 0 atom stereocenters. The highest BCUT2D eigenvalue weighted by Gasteiger charge is 2.23. The van der Waals surface area contributed by atoms with E-state index in [0.29, 0.717) is 6.61 Å². The quantitative estimate of drug-likeness (QED) is 0.488. The van der Waals surface area contributed by atoms with Crippen LogP contribution in [-0.4, -0.2) is 53.0 Å². The minimum Gasteiger partial charge on any atom is -0.329 e. The summed E-state index contributed by atoms with van der Waals surface area (Å²) < 4.78 is 26.3. The molecule has 0 aromatic rings. The minimum absolute atomic E-state index is 0.350. The van der Waals surface area contributed by atoms with Crippen molar-refractivity contribution in [2.45, 2.75) is 0 Å². The van der Waals surface area contributed by atoms with Crippen molar-refractivity contribution in [3.8, 4) is 0 Å². The molecule has 0 saturated carbocycles. The molecule has 0 amide bonds. The van der Waals surface area contributed by atoms with Crippen molar-refractivity contribution >= 4 is 7.82 Å². The first kappa shape index (κ1) is 13.1. The van der Waals surface area contributed by atoms with Crippen LogP contribution in [0.4, 0.5) is 0 Å². The Hall–Kier alpha value is 0.0700. The number of phosphoric ester groups is 1. The topological polar surface area (TPSA) is 44.8 Å². The molecule has 6 heteroatoms. The second kappa shape index (κ2) is 5.08. The fourth-order valence-electron chi connectivity index (χ4n) is 0.606. The van der Waals surface area contributed by atoms with Gasteiger partial charge in [0.15, 0.2) is 0 Å². The van der Waals surface area contributed by atoms with Crippen LogP contribution in [0, 0.1) is 0 Å². The van der Waals surface area contributed by atoms with Crippen LogP contribution in [0.15, 0.2) is 0 Å². The van der Waals surface area contributed by atoms with Gasteiger partial charge in [-0.2, -0.15) is 0 Å². The third kappa shape index (κ3) is 6.18. The smallest absolute Gasteiger partial charge is 0.329 e. The Labute approximate surface area is 79.8 Å². The van der Waals surface area contributed by atoms with E-state index in [1.165, 1.54) is 14.2 Å². The Balaban J connectivity index is 3.82. The van der Waals surface area contributed by atoms with E-state index in [1.54, 1.807) is 0 Å². The van der Waals surface area contributed by atoms with Crippen molar-refractivity contribution < 1.29 is 22.6 Å². The molecular weight excluding hydrogens is 193 g/mol. The number of rotatable bonds is 6. The van der Waals surface area contributed by atoms with Gasteiger partial charge >= 0.3 is 7.82 Å². The lowest BCUT2D eigenvalue weighted by Crippen LogP contribution is -2.37. The summed E-state index contributed by atoms with van der Waals surface area (Å²) in [6, 6.07) is 0. The molecule has 0 fully saturated rings. The van der Waals surface area contributed by atoms with E-state index in [2.05, 4.69) is 9.05 Å². The lowest BCUT2D eigenvalue weighted by Gasteiger charge is -2.24. The van der Waals surface area contributed by atoms with Crippen molar-refractivity contribution in [1.29, 1.82) is 0 Å². The van der Waals surface area contributed by atoms with Gasteiger partial charge in [0.1, 0.15) is 13.2 Å². The number of quaternary nitrogens is 1. The molecule has 0 radical (unpaired) electrons. The molecule has 0 saturated heterocycles. The zero-order valence-corrected chi connectivity index (χ0v) is 9.84. The fraction of sp³-hybridized carbons (Fsp3) is 1.00. The Kier molecular flexibility index (Phi) is 5.10. The highest BCUT2D eigenvalue weighted by molar-refractivity contribution is 7.48. The number of hydrogen-bond acceptors (Lipinski definition) is 4. The minimum atomic E-state index is -3.28.